The molecule has 0 atom stereocenters. The van der Waals surface area contributed by atoms with E-state index < -0.39 is 0 Å². The Morgan fingerprint density at radius 3 is 3.22 bits per heavy atom. The third kappa shape index (κ3) is 2.75. The number of nitrogens with zero attached hydrogens (tertiary/aromatic N) is 1. The molecule has 0 fully saturated rings. The first kappa shape index (κ1) is 7.65. The molecular weight excluding hydrogens is 247 g/mol. The van der Waals surface area contributed by atoms with Crippen molar-refractivity contribution >= 4 is 39.5 Å². The summed E-state index contributed by atoms with van der Waals surface area (Å²) in [6, 6.07) is 0. The van der Waals surface area contributed by atoms with Gasteiger partial charge in [0.15, 0.2) is 5.17 Å². The number of aliphatic imine (C=N–C) groups is 1. The molecule has 0 saturated carbocycles. The Labute approximate surface area is 73.0 Å². The topological polar surface area (TPSA) is 24.4 Å². The molecular formula is C5H9IN2S. The van der Waals surface area contributed by atoms with Gasteiger partial charge in [0.05, 0.1) is 6.54 Å². The van der Waals surface area contributed by atoms with Gasteiger partial charge in [-0.25, -0.2) is 0 Å². The molecule has 2 nitrogen and oxygen atoms in total. The minimum absolute atomic E-state index is 0.994. The molecule has 1 heterocycles. The number of nitrogens with one attached hydrogen (secondary N) is 1. The summed E-state index contributed by atoms with van der Waals surface area (Å²) in [5, 5.41) is 4.37. The van der Waals surface area contributed by atoms with Crippen LogP contribution in [-0.4, -0.2) is 28.4 Å². The predicted octanol–water partition coefficient (Wildman–Crippen LogP) is 1.11. The number of alkyl halides is 1. The molecule has 52 valence electrons. The number of hydrogen-bond acceptors (Lipinski definition) is 3. The lowest BCUT2D eigenvalue weighted by Gasteiger charge is -1.99. The van der Waals surface area contributed by atoms with E-state index in [1.54, 1.807) is 0 Å². The molecule has 0 amide bonds. The summed E-state index contributed by atoms with van der Waals surface area (Å²) in [6.45, 7) is 2.04. The first-order valence-corrected chi connectivity index (χ1v) is 5.41. The van der Waals surface area contributed by atoms with E-state index in [-0.39, 0.29) is 0 Å². The molecule has 0 aliphatic carbocycles. The number of rotatable bonds is 2. The Bertz CT molecular complexity index is 116. The van der Waals surface area contributed by atoms with Gasteiger partial charge in [0.1, 0.15) is 0 Å². The molecule has 9 heavy (non-hydrogen) atoms. The fourth-order valence-electron chi connectivity index (χ4n) is 0.596. The van der Waals surface area contributed by atoms with Gasteiger partial charge in [-0.3, -0.25) is 4.99 Å². The molecule has 1 aliphatic heterocycles. The quantitative estimate of drug-likeness (QED) is 0.591. The number of hydrogen-bond donors (Lipinski definition) is 1. The molecule has 1 rings (SSSR count). The van der Waals surface area contributed by atoms with E-state index in [0.29, 0.717) is 0 Å². The lowest BCUT2D eigenvalue weighted by Crippen LogP contribution is -2.20. The van der Waals surface area contributed by atoms with Crippen molar-refractivity contribution in [3.05, 3.63) is 0 Å². The smallest absolute Gasteiger partial charge is 0.156 e. The molecule has 0 radical (unpaired) electrons. The van der Waals surface area contributed by atoms with Crippen molar-refractivity contribution in [1.82, 2.24) is 5.32 Å². The van der Waals surface area contributed by atoms with Crippen LogP contribution in [0.15, 0.2) is 4.99 Å². The average Bonchev–Trinajstić information content (AvgIpc) is 2.34. The molecule has 0 bridgehead atoms. The molecule has 0 spiro atoms. The van der Waals surface area contributed by atoms with E-state index >= 15 is 0 Å². The highest BCUT2D eigenvalue weighted by Gasteiger charge is 2.03. The van der Waals surface area contributed by atoms with Crippen molar-refractivity contribution < 1.29 is 0 Å². The SMILES string of the molecule is ICCNC1=NCCS1. The Morgan fingerprint density at radius 1 is 1.78 bits per heavy atom. The van der Waals surface area contributed by atoms with Crippen molar-refractivity contribution in [3.8, 4) is 0 Å². The molecule has 0 aromatic carbocycles. The zero-order valence-electron chi connectivity index (χ0n) is 5.06. The molecule has 0 aromatic heterocycles. The summed E-state index contributed by atoms with van der Waals surface area (Å²) < 4.78 is 1.15. The van der Waals surface area contributed by atoms with Crippen LogP contribution in [0.2, 0.25) is 0 Å². The maximum Gasteiger partial charge on any atom is 0.156 e. The first-order valence-electron chi connectivity index (χ1n) is 2.90. The zero-order valence-corrected chi connectivity index (χ0v) is 8.04. The van der Waals surface area contributed by atoms with Gasteiger partial charge < -0.3 is 5.32 Å². The molecule has 1 aliphatic rings. The molecule has 4 heteroatoms. The summed E-state index contributed by atoms with van der Waals surface area (Å²) in [7, 11) is 0. The van der Waals surface area contributed by atoms with Crippen molar-refractivity contribution in [3.63, 3.8) is 0 Å². The maximum absolute atomic E-state index is 4.24. The fourth-order valence-corrected chi connectivity index (χ4v) is 1.63. The lowest BCUT2D eigenvalue weighted by molar-refractivity contribution is 0.995. The number of amidine groups is 1. The van der Waals surface area contributed by atoms with Crippen LogP contribution < -0.4 is 5.32 Å². The van der Waals surface area contributed by atoms with Crippen molar-refractivity contribution in [2.24, 2.45) is 4.99 Å². The number of halogens is 1. The predicted molar refractivity (Wildman–Crippen MR) is 51.6 cm³/mol. The Kier molecular flexibility index (Phi) is 3.72. The van der Waals surface area contributed by atoms with E-state index in [2.05, 4.69) is 32.9 Å². The van der Waals surface area contributed by atoms with Crippen molar-refractivity contribution in [2.75, 3.05) is 23.3 Å². The van der Waals surface area contributed by atoms with E-state index in [4.69, 9.17) is 0 Å². The lowest BCUT2D eigenvalue weighted by atomic mass is 10.7. The van der Waals surface area contributed by atoms with Gasteiger partial charge in [0.25, 0.3) is 0 Å². The van der Waals surface area contributed by atoms with Crippen LogP contribution in [0.4, 0.5) is 0 Å². The van der Waals surface area contributed by atoms with Crippen LogP contribution in [0.1, 0.15) is 0 Å². The highest BCUT2D eigenvalue weighted by atomic mass is 127. The second kappa shape index (κ2) is 4.38. The number of thioether (sulfide) groups is 1. The summed E-state index contributed by atoms with van der Waals surface area (Å²) in [5.41, 5.74) is 0. The van der Waals surface area contributed by atoms with E-state index in [0.717, 1.165) is 28.4 Å². The summed E-state index contributed by atoms with van der Waals surface area (Å²) in [4.78, 5) is 4.24. The van der Waals surface area contributed by atoms with Gasteiger partial charge >= 0.3 is 0 Å². The van der Waals surface area contributed by atoms with E-state index in [9.17, 15) is 0 Å². The van der Waals surface area contributed by atoms with Gasteiger partial charge in [-0.1, -0.05) is 34.4 Å². The maximum atomic E-state index is 4.24. The largest absolute Gasteiger partial charge is 0.364 e. The summed E-state index contributed by atoms with van der Waals surface area (Å²) >= 11 is 4.16. The van der Waals surface area contributed by atoms with Gasteiger partial charge in [-0.2, -0.15) is 0 Å². The second-order valence-corrected chi connectivity index (χ2v) is 3.81. The van der Waals surface area contributed by atoms with Crippen molar-refractivity contribution in [2.45, 2.75) is 0 Å². The minimum atomic E-state index is 0.994. The molecule has 1 N–H and O–H groups in total. The highest BCUT2D eigenvalue weighted by Crippen LogP contribution is 2.08. The Morgan fingerprint density at radius 2 is 2.67 bits per heavy atom. The van der Waals surface area contributed by atoms with Crippen LogP contribution in [-0.2, 0) is 0 Å². The zero-order chi connectivity index (χ0) is 6.53. The van der Waals surface area contributed by atoms with Gasteiger partial charge in [0.2, 0.25) is 0 Å². The van der Waals surface area contributed by atoms with Crippen LogP contribution in [0.5, 0.6) is 0 Å². The van der Waals surface area contributed by atoms with Crippen LogP contribution in [0, 0.1) is 0 Å². The second-order valence-electron chi connectivity index (χ2n) is 1.65. The summed E-state index contributed by atoms with van der Waals surface area (Å²) in [5.74, 6) is 1.16. The Hall–Kier alpha value is 0.550. The fraction of sp³-hybridized carbons (Fsp3) is 0.800. The van der Waals surface area contributed by atoms with Gasteiger partial charge in [-0.15, -0.1) is 0 Å². The third-order valence-electron chi connectivity index (χ3n) is 0.956. The Balaban J connectivity index is 2.11. The third-order valence-corrected chi connectivity index (χ3v) is 2.43. The molecule has 0 unspecified atom stereocenters. The monoisotopic (exact) mass is 256 g/mol. The van der Waals surface area contributed by atoms with Crippen LogP contribution in [0.25, 0.3) is 0 Å². The van der Waals surface area contributed by atoms with E-state index in [1.807, 2.05) is 11.8 Å². The molecule has 0 aromatic rings. The van der Waals surface area contributed by atoms with E-state index in [1.165, 1.54) is 0 Å². The average molecular weight is 256 g/mol. The van der Waals surface area contributed by atoms with Gasteiger partial charge in [0, 0.05) is 16.7 Å². The highest BCUT2D eigenvalue weighted by molar-refractivity contribution is 14.1. The molecule has 0 saturated heterocycles. The van der Waals surface area contributed by atoms with Gasteiger partial charge in [-0.05, 0) is 0 Å². The minimum Gasteiger partial charge on any atom is -0.364 e. The normalized spacial score (nSPS) is 17.7. The van der Waals surface area contributed by atoms with Crippen molar-refractivity contribution in [1.29, 1.82) is 0 Å². The standard InChI is InChI=1S/C5H9IN2S/c6-1-2-7-5-8-3-4-9-5/h1-4H2,(H,7,8). The summed E-state index contributed by atoms with van der Waals surface area (Å²) in [6.07, 6.45) is 0. The van der Waals surface area contributed by atoms with Crippen LogP contribution >= 0.6 is 34.4 Å². The first-order chi connectivity index (χ1) is 4.43. The van der Waals surface area contributed by atoms with Crippen LogP contribution in [0.3, 0.4) is 0 Å².